The molecule has 19 heavy (non-hydrogen) atoms. The summed E-state index contributed by atoms with van der Waals surface area (Å²) in [5, 5.41) is 3.48. The number of ether oxygens (including phenoxy) is 1. The van der Waals surface area contributed by atoms with Crippen LogP contribution in [0.15, 0.2) is 24.3 Å². The first kappa shape index (κ1) is 12.9. The first-order valence-electron chi connectivity index (χ1n) is 7.36. The second-order valence-electron chi connectivity index (χ2n) is 6.06. The molecule has 1 aromatic carbocycles. The molecule has 0 amide bonds. The molecule has 0 unspecified atom stereocenters. The van der Waals surface area contributed by atoms with Crippen molar-refractivity contribution in [3.05, 3.63) is 29.8 Å². The number of nitrogens with zero attached hydrogens (tertiary/aromatic N) is 1. The van der Waals surface area contributed by atoms with Crippen molar-refractivity contribution in [2.24, 2.45) is 5.41 Å². The summed E-state index contributed by atoms with van der Waals surface area (Å²) in [7, 11) is 1.72. The third-order valence-electron chi connectivity index (χ3n) is 4.75. The van der Waals surface area contributed by atoms with Crippen LogP contribution in [-0.2, 0) is 6.54 Å². The van der Waals surface area contributed by atoms with Crippen LogP contribution >= 0.6 is 0 Å². The molecular weight excluding hydrogens is 236 g/mol. The lowest BCUT2D eigenvalue weighted by molar-refractivity contribution is 0.194. The molecule has 3 nitrogen and oxygen atoms in total. The fraction of sp³-hybridized carbons (Fsp3) is 0.625. The molecule has 104 valence electrons. The van der Waals surface area contributed by atoms with Crippen LogP contribution in [0, 0.1) is 5.41 Å². The van der Waals surface area contributed by atoms with Crippen molar-refractivity contribution in [1.29, 1.82) is 0 Å². The van der Waals surface area contributed by atoms with Crippen molar-refractivity contribution in [3.8, 4) is 5.75 Å². The van der Waals surface area contributed by atoms with Crippen molar-refractivity contribution in [1.82, 2.24) is 10.2 Å². The fourth-order valence-electron chi connectivity index (χ4n) is 3.52. The van der Waals surface area contributed by atoms with Gasteiger partial charge < -0.3 is 10.1 Å². The zero-order valence-electron chi connectivity index (χ0n) is 11.8. The summed E-state index contributed by atoms with van der Waals surface area (Å²) in [6.45, 7) is 6.03. The molecule has 2 saturated heterocycles. The molecule has 1 N–H and O–H groups in total. The standard InChI is InChI=1S/C16H24N2O/c1-19-15-4-2-14(3-5-15)12-18-11-8-16(13-18)6-9-17-10-7-16/h2-5,17H,6-13H2,1H3. The van der Waals surface area contributed by atoms with E-state index < -0.39 is 0 Å². The molecule has 2 aliphatic rings. The van der Waals surface area contributed by atoms with Gasteiger partial charge in [0.15, 0.2) is 0 Å². The van der Waals surface area contributed by atoms with Gasteiger partial charge in [0.2, 0.25) is 0 Å². The molecule has 2 aliphatic heterocycles. The van der Waals surface area contributed by atoms with Crippen LogP contribution in [0.1, 0.15) is 24.8 Å². The zero-order chi connectivity index (χ0) is 13.1. The first-order chi connectivity index (χ1) is 9.30. The largest absolute Gasteiger partial charge is 0.497 e. The Hall–Kier alpha value is -1.06. The third-order valence-corrected chi connectivity index (χ3v) is 4.75. The van der Waals surface area contributed by atoms with E-state index in [0.29, 0.717) is 5.41 Å². The number of benzene rings is 1. The van der Waals surface area contributed by atoms with Gasteiger partial charge in [-0.1, -0.05) is 12.1 Å². The topological polar surface area (TPSA) is 24.5 Å². The highest BCUT2D eigenvalue weighted by molar-refractivity contribution is 5.27. The van der Waals surface area contributed by atoms with Crippen molar-refractivity contribution in [2.75, 3.05) is 33.3 Å². The van der Waals surface area contributed by atoms with E-state index in [0.717, 1.165) is 12.3 Å². The Morgan fingerprint density at radius 1 is 1.16 bits per heavy atom. The van der Waals surface area contributed by atoms with Crippen LogP contribution in [0.5, 0.6) is 5.75 Å². The molecule has 0 aromatic heterocycles. The molecular formula is C16H24N2O. The highest BCUT2D eigenvalue weighted by atomic mass is 16.5. The Morgan fingerprint density at radius 3 is 2.58 bits per heavy atom. The third kappa shape index (κ3) is 2.93. The second-order valence-corrected chi connectivity index (χ2v) is 6.06. The maximum atomic E-state index is 5.21. The van der Waals surface area contributed by atoms with Gasteiger partial charge in [-0.25, -0.2) is 0 Å². The van der Waals surface area contributed by atoms with E-state index in [4.69, 9.17) is 4.74 Å². The van der Waals surface area contributed by atoms with Gasteiger partial charge in [-0.05, 0) is 62.0 Å². The summed E-state index contributed by atoms with van der Waals surface area (Å²) in [5.41, 5.74) is 2.00. The van der Waals surface area contributed by atoms with Crippen LogP contribution in [0.2, 0.25) is 0 Å². The molecule has 2 heterocycles. The predicted molar refractivity (Wildman–Crippen MR) is 77.4 cm³/mol. The van der Waals surface area contributed by atoms with Crippen LogP contribution in [-0.4, -0.2) is 38.2 Å². The lowest BCUT2D eigenvalue weighted by Crippen LogP contribution is -2.38. The van der Waals surface area contributed by atoms with Crippen LogP contribution < -0.4 is 10.1 Å². The van der Waals surface area contributed by atoms with Crippen molar-refractivity contribution in [3.63, 3.8) is 0 Å². The van der Waals surface area contributed by atoms with Crippen LogP contribution in [0.4, 0.5) is 0 Å². The summed E-state index contributed by atoms with van der Waals surface area (Å²) in [5.74, 6) is 0.944. The van der Waals surface area contributed by atoms with E-state index >= 15 is 0 Å². The zero-order valence-corrected chi connectivity index (χ0v) is 11.8. The molecule has 1 aromatic rings. The molecule has 0 atom stereocenters. The minimum Gasteiger partial charge on any atom is -0.497 e. The fourth-order valence-corrected chi connectivity index (χ4v) is 3.52. The van der Waals surface area contributed by atoms with E-state index in [2.05, 4.69) is 34.5 Å². The Balaban J connectivity index is 1.58. The number of hydrogen-bond donors (Lipinski definition) is 1. The maximum Gasteiger partial charge on any atom is 0.118 e. The lowest BCUT2D eigenvalue weighted by Gasteiger charge is -2.33. The molecule has 1 spiro atoms. The first-order valence-corrected chi connectivity index (χ1v) is 7.36. The number of methoxy groups -OCH3 is 1. The van der Waals surface area contributed by atoms with Gasteiger partial charge in [0.25, 0.3) is 0 Å². The van der Waals surface area contributed by atoms with Gasteiger partial charge >= 0.3 is 0 Å². The summed E-state index contributed by atoms with van der Waals surface area (Å²) in [6, 6.07) is 8.50. The van der Waals surface area contributed by atoms with E-state index in [9.17, 15) is 0 Å². The predicted octanol–water partition coefficient (Wildman–Crippen LogP) is 2.27. The molecule has 2 fully saturated rings. The van der Waals surface area contributed by atoms with E-state index in [-0.39, 0.29) is 0 Å². The smallest absolute Gasteiger partial charge is 0.118 e. The van der Waals surface area contributed by atoms with Gasteiger partial charge in [0.1, 0.15) is 5.75 Å². The molecule has 0 aliphatic carbocycles. The quantitative estimate of drug-likeness (QED) is 0.902. The van der Waals surface area contributed by atoms with Gasteiger partial charge in [0, 0.05) is 13.1 Å². The SMILES string of the molecule is COc1ccc(CN2CCC3(CCNCC3)C2)cc1. The molecule has 0 bridgehead atoms. The summed E-state index contributed by atoms with van der Waals surface area (Å²) < 4.78 is 5.21. The minimum absolute atomic E-state index is 0.609. The van der Waals surface area contributed by atoms with E-state index in [1.54, 1.807) is 7.11 Å². The Bertz CT molecular complexity index is 409. The van der Waals surface area contributed by atoms with Crippen molar-refractivity contribution >= 4 is 0 Å². The Labute approximate surface area is 115 Å². The Kier molecular flexibility index (Phi) is 3.76. The Morgan fingerprint density at radius 2 is 1.89 bits per heavy atom. The normalized spacial score (nSPS) is 22.8. The second kappa shape index (κ2) is 5.51. The molecule has 3 heteroatoms. The van der Waals surface area contributed by atoms with Crippen molar-refractivity contribution in [2.45, 2.75) is 25.8 Å². The average molecular weight is 260 g/mol. The van der Waals surface area contributed by atoms with E-state index in [1.165, 1.54) is 51.0 Å². The highest BCUT2D eigenvalue weighted by Gasteiger charge is 2.38. The van der Waals surface area contributed by atoms with E-state index in [1.807, 2.05) is 0 Å². The molecule has 0 radical (unpaired) electrons. The number of likely N-dealkylation sites (tertiary alicyclic amines) is 1. The van der Waals surface area contributed by atoms with Crippen LogP contribution in [0.25, 0.3) is 0 Å². The maximum absolute atomic E-state index is 5.21. The molecule has 3 rings (SSSR count). The molecule has 0 saturated carbocycles. The monoisotopic (exact) mass is 260 g/mol. The lowest BCUT2D eigenvalue weighted by atomic mass is 9.78. The number of hydrogen-bond acceptors (Lipinski definition) is 3. The summed E-state index contributed by atoms with van der Waals surface area (Å²) >= 11 is 0. The summed E-state index contributed by atoms with van der Waals surface area (Å²) in [4.78, 5) is 2.62. The minimum atomic E-state index is 0.609. The average Bonchev–Trinajstić information content (AvgIpc) is 2.83. The van der Waals surface area contributed by atoms with Crippen LogP contribution in [0.3, 0.4) is 0 Å². The van der Waals surface area contributed by atoms with Gasteiger partial charge in [-0.2, -0.15) is 0 Å². The van der Waals surface area contributed by atoms with Gasteiger partial charge in [0.05, 0.1) is 7.11 Å². The number of rotatable bonds is 3. The number of piperidine rings is 1. The number of nitrogens with one attached hydrogen (secondary N) is 1. The highest BCUT2D eigenvalue weighted by Crippen LogP contribution is 2.39. The summed E-state index contributed by atoms with van der Waals surface area (Å²) in [6.07, 6.45) is 4.09. The van der Waals surface area contributed by atoms with Crippen molar-refractivity contribution < 1.29 is 4.74 Å². The van der Waals surface area contributed by atoms with Gasteiger partial charge in [-0.15, -0.1) is 0 Å². The van der Waals surface area contributed by atoms with Gasteiger partial charge in [-0.3, -0.25) is 4.90 Å².